The molecule has 2 nitrogen and oxygen atoms in total. The van der Waals surface area contributed by atoms with E-state index < -0.39 is 11.9 Å². The fourth-order valence-electron chi connectivity index (χ4n) is 2.53. The molecule has 0 bridgehead atoms. The number of para-hydroxylation sites is 1. The molecule has 118 valence electrons. The fourth-order valence-corrected chi connectivity index (χ4v) is 3.31. The van der Waals surface area contributed by atoms with Crippen LogP contribution in [-0.2, 0) is 4.74 Å². The Balaban J connectivity index is 1.94. The predicted octanol–water partition coefficient (Wildman–Crippen LogP) is 4.71. The molecule has 0 unspecified atom stereocenters. The number of hydrogen-bond acceptors (Lipinski definition) is 3. The summed E-state index contributed by atoms with van der Waals surface area (Å²) in [6.07, 6.45) is 0.123. The van der Waals surface area contributed by atoms with Gasteiger partial charge >= 0.3 is 6.18 Å². The van der Waals surface area contributed by atoms with E-state index in [1.165, 1.54) is 0 Å². The third-order valence-electron chi connectivity index (χ3n) is 3.65. The van der Waals surface area contributed by atoms with E-state index >= 15 is 0 Å². The van der Waals surface area contributed by atoms with Gasteiger partial charge in [0.1, 0.15) is 0 Å². The van der Waals surface area contributed by atoms with Gasteiger partial charge in [0.25, 0.3) is 0 Å². The van der Waals surface area contributed by atoms with Gasteiger partial charge in [0.2, 0.25) is 0 Å². The lowest BCUT2D eigenvalue weighted by Gasteiger charge is -2.29. The Morgan fingerprint density at radius 3 is 2.48 bits per heavy atom. The normalized spacial score (nSPS) is 23.0. The number of anilines is 1. The molecule has 0 saturated heterocycles. The monoisotopic (exact) mass is 319 g/mol. The average molecular weight is 319 g/mol. The van der Waals surface area contributed by atoms with Crippen LogP contribution in [-0.4, -0.2) is 31.2 Å². The van der Waals surface area contributed by atoms with Crippen molar-refractivity contribution in [1.29, 1.82) is 0 Å². The molecule has 2 rings (SSSR count). The third-order valence-corrected chi connectivity index (χ3v) is 4.78. The predicted molar refractivity (Wildman–Crippen MR) is 79.9 cm³/mol. The molecule has 1 fully saturated rings. The van der Waals surface area contributed by atoms with E-state index in [1.54, 1.807) is 19.2 Å². The van der Waals surface area contributed by atoms with Crippen LogP contribution in [0.3, 0.4) is 0 Å². The summed E-state index contributed by atoms with van der Waals surface area (Å²) in [6, 6.07) is 7.51. The second kappa shape index (κ2) is 7.40. The van der Waals surface area contributed by atoms with E-state index in [2.05, 4.69) is 5.32 Å². The molecule has 6 heteroatoms. The van der Waals surface area contributed by atoms with Gasteiger partial charge in [-0.3, -0.25) is 0 Å². The van der Waals surface area contributed by atoms with Gasteiger partial charge in [-0.1, -0.05) is 12.1 Å². The van der Waals surface area contributed by atoms with Crippen molar-refractivity contribution in [1.82, 2.24) is 0 Å². The second-order valence-corrected chi connectivity index (χ2v) is 6.27. The Labute approximate surface area is 127 Å². The molecule has 0 amide bonds. The molecule has 0 aromatic heterocycles. The number of methoxy groups -OCH3 is 1. The van der Waals surface area contributed by atoms with E-state index in [4.69, 9.17) is 4.74 Å². The largest absolute Gasteiger partial charge is 0.398 e. The van der Waals surface area contributed by atoms with Crippen molar-refractivity contribution >= 4 is 17.4 Å². The molecule has 1 aromatic carbocycles. The van der Waals surface area contributed by atoms with Crippen molar-refractivity contribution in [3.8, 4) is 0 Å². The molecule has 0 atom stereocenters. The van der Waals surface area contributed by atoms with Crippen molar-refractivity contribution < 1.29 is 17.9 Å². The molecule has 0 aliphatic heterocycles. The zero-order chi connectivity index (χ0) is 15.3. The fraction of sp³-hybridized carbons (Fsp3) is 0.600. The SMILES string of the molecule is COC1CCC(Nc2ccccc2SCC(F)(F)F)CC1. The van der Waals surface area contributed by atoms with Gasteiger partial charge in [0.05, 0.1) is 11.9 Å². The first-order valence-electron chi connectivity index (χ1n) is 7.06. The van der Waals surface area contributed by atoms with Crippen LogP contribution in [0.1, 0.15) is 25.7 Å². The first-order chi connectivity index (χ1) is 9.98. The van der Waals surface area contributed by atoms with E-state index in [-0.39, 0.29) is 0 Å². The summed E-state index contributed by atoms with van der Waals surface area (Å²) in [5.74, 6) is -0.859. The van der Waals surface area contributed by atoms with Crippen LogP contribution in [0.2, 0.25) is 0 Å². The van der Waals surface area contributed by atoms with Gasteiger partial charge in [0, 0.05) is 23.7 Å². The maximum absolute atomic E-state index is 12.4. The van der Waals surface area contributed by atoms with Crippen LogP contribution in [0, 0.1) is 0 Å². The van der Waals surface area contributed by atoms with Crippen LogP contribution in [0.15, 0.2) is 29.2 Å². The van der Waals surface area contributed by atoms with E-state index in [0.29, 0.717) is 17.0 Å². The smallest absolute Gasteiger partial charge is 0.381 e. The van der Waals surface area contributed by atoms with Gasteiger partial charge in [-0.05, 0) is 37.8 Å². The summed E-state index contributed by atoms with van der Waals surface area (Å²) in [5, 5.41) is 3.39. The average Bonchev–Trinajstić information content (AvgIpc) is 2.46. The zero-order valence-electron chi connectivity index (χ0n) is 12.0. The van der Waals surface area contributed by atoms with E-state index in [1.807, 2.05) is 12.1 Å². The standard InChI is InChI=1S/C15H20F3NOS/c1-20-12-8-6-11(7-9-12)19-13-4-2-3-5-14(13)21-10-15(16,17)18/h2-5,11-12,19H,6-10H2,1H3. The van der Waals surface area contributed by atoms with Crippen molar-refractivity contribution in [2.24, 2.45) is 0 Å². The number of alkyl halides is 3. The summed E-state index contributed by atoms with van der Waals surface area (Å²) < 4.78 is 42.4. The molecule has 1 saturated carbocycles. The van der Waals surface area contributed by atoms with Gasteiger partial charge in [-0.25, -0.2) is 0 Å². The lowest BCUT2D eigenvalue weighted by molar-refractivity contribution is -0.105. The van der Waals surface area contributed by atoms with Crippen molar-refractivity contribution in [3.05, 3.63) is 24.3 Å². The van der Waals surface area contributed by atoms with Gasteiger partial charge < -0.3 is 10.1 Å². The maximum Gasteiger partial charge on any atom is 0.398 e. The van der Waals surface area contributed by atoms with Crippen molar-refractivity contribution in [2.45, 2.75) is 48.9 Å². The summed E-state index contributed by atoms with van der Waals surface area (Å²) in [7, 11) is 1.72. The molecule has 1 aliphatic rings. The minimum Gasteiger partial charge on any atom is -0.381 e. The molecule has 1 N–H and O–H groups in total. The lowest BCUT2D eigenvalue weighted by Crippen LogP contribution is -2.29. The Morgan fingerprint density at radius 1 is 1.19 bits per heavy atom. The Hall–Kier alpha value is -0.880. The zero-order valence-corrected chi connectivity index (χ0v) is 12.8. The highest BCUT2D eigenvalue weighted by Crippen LogP contribution is 2.33. The van der Waals surface area contributed by atoms with Gasteiger partial charge in [-0.2, -0.15) is 13.2 Å². The third kappa shape index (κ3) is 5.43. The van der Waals surface area contributed by atoms with Crippen LogP contribution in [0.5, 0.6) is 0 Å². The molecular formula is C15H20F3NOS. The Kier molecular flexibility index (Phi) is 5.81. The quantitative estimate of drug-likeness (QED) is 0.794. The first kappa shape index (κ1) is 16.5. The number of halogens is 3. The topological polar surface area (TPSA) is 21.3 Å². The minimum atomic E-state index is -4.14. The number of nitrogens with one attached hydrogen (secondary N) is 1. The van der Waals surface area contributed by atoms with E-state index in [0.717, 1.165) is 43.1 Å². The summed E-state index contributed by atoms with van der Waals surface area (Å²) >= 11 is 0.835. The highest BCUT2D eigenvalue weighted by atomic mass is 32.2. The minimum absolute atomic E-state index is 0.309. The molecule has 0 radical (unpaired) electrons. The van der Waals surface area contributed by atoms with Crippen molar-refractivity contribution in [2.75, 3.05) is 18.2 Å². The molecule has 0 spiro atoms. The number of hydrogen-bond donors (Lipinski definition) is 1. The highest BCUT2D eigenvalue weighted by molar-refractivity contribution is 7.99. The lowest BCUT2D eigenvalue weighted by atomic mass is 9.93. The first-order valence-corrected chi connectivity index (χ1v) is 8.04. The second-order valence-electron chi connectivity index (χ2n) is 5.25. The molecule has 21 heavy (non-hydrogen) atoms. The van der Waals surface area contributed by atoms with Gasteiger partial charge in [0.15, 0.2) is 0 Å². The van der Waals surface area contributed by atoms with Crippen LogP contribution in [0.25, 0.3) is 0 Å². The van der Waals surface area contributed by atoms with Crippen molar-refractivity contribution in [3.63, 3.8) is 0 Å². The number of benzene rings is 1. The molecule has 0 heterocycles. The Bertz CT molecular complexity index is 445. The number of thioether (sulfide) groups is 1. The summed E-state index contributed by atoms with van der Waals surface area (Å²) in [4.78, 5) is 0.656. The maximum atomic E-state index is 12.4. The van der Waals surface area contributed by atoms with Crippen LogP contribution < -0.4 is 5.32 Å². The van der Waals surface area contributed by atoms with Gasteiger partial charge in [-0.15, -0.1) is 11.8 Å². The number of ether oxygens (including phenoxy) is 1. The number of rotatable bonds is 5. The molecule has 1 aromatic rings. The van der Waals surface area contributed by atoms with E-state index in [9.17, 15) is 13.2 Å². The molecule has 1 aliphatic carbocycles. The van der Waals surface area contributed by atoms with Crippen LogP contribution in [0.4, 0.5) is 18.9 Å². The van der Waals surface area contributed by atoms with Crippen LogP contribution >= 0.6 is 11.8 Å². The molecular weight excluding hydrogens is 299 g/mol. The summed E-state index contributed by atoms with van der Waals surface area (Å²) in [6.45, 7) is 0. The highest BCUT2D eigenvalue weighted by Gasteiger charge is 2.28. The Morgan fingerprint density at radius 2 is 1.86 bits per heavy atom. The summed E-state index contributed by atoms with van der Waals surface area (Å²) in [5.41, 5.74) is 0.799.